The van der Waals surface area contributed by atoms with Crippen LogP contribution in [0, 0.1) is 0 Å². The van der Waals surface area contributed by atoms with E-state index in [2.05, 4.69) is 20.8 Å². The summed E-state index contributed by atoms with van der Waals surface area (Å²) in [6, 6.07) is 17.3. The molecule has 1 aromatic heterocycles. The number of nitrogens with zero attached hydrogens (tertiary/aromatic N) is 4. The minimum Gasteiger partial charge on any atom is -0.489 e. The maximum Gasteiger partial charge on any atom is 0.338 e. The topological polar surface area (TPSA) is 91.2 Å². The van der Waals surface area contributed by atoms with Gasteiger partial charge in [-0.2, -0.15) is 4.68 Å². The third-order valence-electron chi connectivity index (χ3n) is 6.20. The van der Waals surface area contributed by atoms with E-state index >= 15 is 0 Å². The van der Waals surface area contributed by atoms with Gasteiger partial charge in [0.15, 0.2) is 0 Å². The molecule has 0 saturated heterocycles. The van der Waals surface area contributed by atoms with Crippen molar-refractivity contribution in [2.24, 2.45) is 0 Å². The van der Waals surface area contributed by atoms with Crippen LogP contribution in [0.15, 0.2) is 65.9 Å². The standard InChI is InChI=1S/C25H27N5O3/c1-17-22(24(31)33-21-10-6-3-7-11-21)23(30-25(26-17)27-28-29-30)19-12-14-20(15-13-19)32-16-18-8-4-2-5-9-18/h2,4-5,8-9,12-15,21,23H,3,6-7,10-11,16H2,1H3,(H,26,27,29). The van der Waals surface area contributed by atoms with Crippen LogP contribution in [0.5, 0.6) is 5.75 Å². The van der Waals surface area contributed by atoms with E-state index in [1.807, 2.05) is 61.5 Å². The monoisotopic (exact) mass is 445 g/mol. The Labute approximate surface area is 192 Å². The van der Waals surface area contributed by atoms with Gasteiger partial charge in [0, 0.05) is 5.70 Å². The molecule has 0 bridgehead atoms. The molecule has 1 unspecified atom stereocenters. The summed E-state index contributed by atoms with van der Waals surface area (Å²) in [5.74, 6) is 0.930. The lowest BCUT2D eigenvalue weighted by Crippen LogP contribution is -2.32. The van der Waals surface area contributed by atoms with Crippen molar-refractivity contribution in [3.63, 3.8) is 0 Å². The van der Waals surface area contributed by atoms with Crippen LogP contribution < -0.4 is 10.1 Å². The predicted octanol–water partition coefficient (Wildman–Crippen LogP) is 4.42. The number of carbonyl (C=O) groups is 1. The summed E-state index contributed by atoms with van der Waals surface area (Å²) in [5, 5.41) is 15.1. The first-order valence-corrected chi connectivity index (χ1v) is 11.4. The largest absolute Gasteiger partial charge is 0.489 e. The summed E-state index contributed by atoms with van der Waals surface area (Å²) in [6.07, 6.45) is 5.20. The quantitative estimate of drug-likeness (QED) is 0.562. The maximum absolute atomic E-state index is 13.3. The third kappa shape index (κ3) is 4.60. The van der Waals surface area contributed by atoms with E-state index in [-0.39, 0.29) is 12.1 Å². The molecule has 0 spiro atoms. The number of nitrogens with one attached hydrogen (secondary N) is 1. The van der Waals surface area contributed by atoms with Crippen LogP contribution in [0.4, 0.5) is 5.95 Å². The molecule has 8 nitrogen and oxygen atoms in total. The van der Waals surface area contributed by atoms with Gasteiger partial charge in [-0.15, -0.1) is 0 Å². The van der Waals surface area contributed by atoms with Crippen LogP contribution in [0.25, 0.3) is 0 Å². The lowest BCUT2D eigenvalue weighted by Gasteiger charge is -2.29. The van der Waals surface area contributed by atoms with E-state index < -0.39 is 6.04 Å². The number of benzene rings is 2. The van der Waals surface area contributed by atoms with E-state index in [0.29, 0.717) is 23.8 Å². The highest BCUT2D eigenvalue weighted by Crippen LogP contribution is 2.36. The normalized spacial score (nSPS) is 18.4. The minimum atomic E-state index is -0.476. The van der Waals surface area contributed by atoms with Crippen molar-refractivity contribution >= 4 is 11.9 Å². The fourth-order valence-corrected chi connectivity index (χ4v) is 4.47. The number of hydrogen-bond donors (Lipinski definition) is 1. The molecule has 1 aliphatic carbocycles. The van der Waals surface area contributed by atoms with Gasteiger partial charge in [-0.3, -0.25) is 0 Å². The number of tetrazole rings is 1. The van der Waals surface area contributed by atoms with Crippen LogP contribution in [0.3, 0.4) is 0 Å². The Balaban J connectivity index is 1.38. The lowest BCUT2D eigenvalue weighted by molar-refractivity contribution is -0.146. The lowest BCUT2D eigenvalue weighted by atomic mass is 9.95. The third-order valence-corrected chi connectivity index (χ3v) is 6.20. The molecule has 5 rings (SSSR count). The van der Waals surface area contributed by atoms with Crippen molar-refractivity contribution < 1.29 is 14.3 Å². The summed E-state index contributed by atoms with van der Waals surface area (Å²) in [6.45, 7) is 2.35. The molecule has 1 saturated carbocycles. The Morgan fingerprint density at radius 3 is 2.58 bits per heavy atom. The number of hydrogen-bond acceptors (Lipinski definition) is 7. The van der Waals surface area contributed by atoms with Gasteiger partial charge in [0.2, 0.25) is 5.95 Å². The van der Waals surface area contributed by atoms with Crippen LogP contribution in [0.1, 0.15) is 56.2 Å². The molecule has 2 heterocycles. The van der Waals surface area contributed by atoms with Gasteiger partial charge in [-0.1, -0.05) is 54.0 Å². The van der Waals surface area contributed by atoms with E-state index in [1.54, 1.807) is 4.68 Å². The Kier molecular flexibility index (Phi) is 6.06. The molecule has 8 heteroatoms. The van der Waals surface area contributed by atoms with Gasteiger partial charge in [-0.05, 0) is 66.3 Å². The molecule has 1 fully saturated rings. The molecule has 1 aliphatic heterocycles. The second kappa shape index (κ2) is 9.44. The van der Waals surface area contributed by atoms with Gasteiger partial charge in [0.25, 0.3) is 0 Å². The number of aromatic nitrogens is 4. The van der Waals surface area contributed by atoms with Crippen LogP contribution >= 0.6 is 0 Å². The van der Waals surface area contributed by atoms with Crippen molar-refractivity contribution in [1.29, 1.82) is 0 Å². The van der Waals surface area contributed by atoms with Gasteiger partial charge < -0.3 is 14.8 Å². The molecule has 3 aromatic rings. The van der Waals surface area contributed by atoms with Crippen LogP contribution in [-0.4, -0.2) is 32.3 Å². The zero-order chi connectivity index (χ0) is 22.6. The number of rotatable bonds is 6. The average Bonchev–Trinajstić information content (AvgIpc) is 3.31. The Morgan fingerprint density at radius 1 is 1.06 bits per heavy atom. The SMILES string of the molecule is CC1=C(C(=O)OC2CCCCC2)C(c2ccc(OCc3ccccc3)cc2)n2nnnc2N1. The predicted molar refractivity (Wildman–Crippen MR) is 122 cm³/mol. The molecule has 1 atom stereocenters. The summed E-state index contributed by atoms with van der Waals surface area (Å²) < 4.78 is 13.5. The molecular formula is C25H27N5O3. The first kappa shape index (κ1) is 21.2. The Morgan fingerprint density at radius 2 is 1.82 bits per heavy atom. The van der Waals surface area contributed by atoms with Crippen LogP contribution in [0.2, 0.25) is 0 Å². The zero-order valence-corrected chi connectivity index (χ0v) is 18.6. The number of anilines is 1. The Bertz CT molecular complexity index is 1130. The second-order valence-electron chi connectivity index (χ2n) is 8.52. The number of carbonyl (C=O) groups excluding carboxylic acids is 1. The summed E-state index contributed by atoms with van der Waals surface area (Å²) in [7, 11) is 0. The van der Waals surface area contributed by atoms with Gasteiger partial charge in [0.05, 0.1) is 5.57 Å². The van der Waals surface area contributed by atoms with Crippen LogP contribution in [-0.2, 0) is 16.1 Å². The molecular weight excluding hydrogens is 418 g/mol. The molecule has 2 aromatic carbocycles. The van der Waals surface area contributed by atoms with Crippen molar-refractivity contribution in [2.75, 3.05) is 5.32 Å². The first-order chi connectivity index (χ1) is 16.2. The van der Waals surface area contributed by atoms with E-state index in [0.717, 1.165) is 42.6 Å². The Hall–Kier alpha value is -3.68. The van der Waals surface area contributed by atoms with E-state index in [1.165, 1.54) is 6.42 Å². The minimum absolute atomic E-state index is 0.0313. The smallest absolute Gasteiger partial charge is 0.338 e. The van der Waals surface area contributed by atoms with Crippen molar-refractivity contribution in [2.45, 2.75) is 57.8 Å². The highest BCUT2D eigenvalue weighted by Gasteiger charge is 2.36. The molecule has 33 heavy (non-hydrogen) atoms. The number of esters is 1. The highest BCUT2D eigenvalue weighted by atomic mass is 16.5. The van der Waals surface area contributed by atoms with Crippen molar-refractivity contribution in [3.05, 3.63) is 77.0 Å². The zero-order valence-electron chi connectivity index (χ0n) is 18.6. The number of allylic oxidation sites excluding steroid dienone is 1. The van der Waals surface area contributed by atoms with Crippen molar-refractivity contribution in [3.8, 4) is 5.75 Å². The average molecular weight is 446 g/mol. The van der Waals surface area contributed by atoms with E-state index in [9.17, 15) is 4.79 Å². The fourth-order valence-electron chi connectivity index (χ4n) is 4.47. The summed E-state index contributed by atoms with van der Waals surface area (Å²) in [4.78, 5) is 13.3. The molecule has 170 valence electrons. The summed E-state index contributed by atoms with van der Waals surface area (Å²) >= 11 is 0. The first-order valence-electron chi connectivity index (χ1n) is 11.4. The maximum atomic E-state index is 13.3. The molecule has 0 radical (unpaired) electrons. The summed E-state index contributed by atoms with van der Waals surface area (Å²) in [5.41, 5.74) is 3.21. The van der Waals surface area contributed by atoms with Gasteiger partial charge >= 0.3 is 5.97 Å². The number of ether oxygens (including phenoxy) is 2. The van der Waals surface area contributed by atoms with Crippen molar-refractivity contribution in [1.82, 2.24) is 20.2 Å². The van der Waals surface area contributed by atoms with Gasteiger partial charge in [-0.25, -0.2) is 4.79 Å². The van der Waals surface area contributed by atoms with Gasteiger partial charge in [0.1, 0.15) is 24.5 Å². The molecule has 2 aliphatic rings. The van der Waals surface area contributed by atoms with E-state index in [4.69, 9.17) is 9.47 Å². The fraction of sp³-hybridized carbons (Fsp3) is 0.360. The number of fused-ring (bicyclic) bond motifs is 1. The second-order valence-corrected chi connectivity index (χ2v) is 8.52. The highest BCUT2D eigenvalue weighted by molar-refractivity contribution is 5.92. The molecule has 0 amide bonds. The molecule has 1 N–H and O–H groups in total.